The summed E-state index contributed by atoms with van der Waals surface area (Å²) in [5.74, 6) is -0.142. The number of rotatable bonds is 2. The fourth-order valence-electron chi connectivity index (χ4n) is 1.32. The molecule has 0 fully saturated rings. The topological polar surface area (TPSA) is 56.1 Å². The number of amides is 1. The molecule has 1 amide bonds. The van der Waals surface area contributed by atoms with E-state index >= 15 is 0 Å². The Morgan fingerprint density at radius 1 is 1.47 bits per heavy atom. The lowest BCUT2D eigenvalue weighted by Crippen LogP contribution is -2.17. The van der Waals surface area contributed by atoms with Gasteiger partial charge >= 0.3 is 6.03 Å². The second kappa shape index (κ2) is 4.65. The molecule has 0 atom stereocenters. The number of aromatic nitrogens is 2. The van der Waals surface area contributed by atoms with Crippen LogP contribution in [0.5, 0.6) is 5.75 Å². The molecule has 0 radical (unpaired) electrons. The molecule has 2 aromatic rings. The van der Waals surface area contributed by atoms with E-state index in [0.29, 0.717) is 11.4 Å². The third kappa shape index (κ3) is 2.60. The van der Waals surface area contributed by atoms with Crippen LogP contribution in [0.1, 0.15) is 0 Å². The van der Waals surface area contributed by atoms with Crippen molar-refractivity contribution in [3.63, 3.8) is 0 Å². The molecular formula is C11H10FN3O2. The Kier molecular flexibility index (Phi) is 3.04. The molecule has 6 heteroatoms. The van der Waals surface area contributed by atoms with E-state index in [0.717, 1.165) is 0 Å². The monoisotopic (exact) mass is 235 g/mol. The predicted molar refractivity (Wildman–Crippen MR) is 59.6 cm³/mol. The Balaban J connectivity index is 2.18. The van der Waals surface area contributed by atoms with Crippen LogP contribution in [0, 0.1) is 5.82 Å². The second-order valence-electron chi connectivity index (χ2n) is 3.28. The highest BCUT2D eigenvalue weighted by Crippen LogP contribution is 2.19. The Bertz CT molecular complexity index is 526. The van der Waals surface area contributed by atoms with Gasteiger partial charge in [0.2, 0.25) is 0 Å². The molecule has 1 aromatic carbocycles. The van der Waals surface area contributed by atoms with Crippen molar-refractivity contribution in [3.8, 4) is 5.75 Å². The minimum atomic E-state index is -0.481. The molecule has 1 heterocycles. The summed E-state index contributed by atoms with van der Waals surface area (Å²) in [6.07, 6.45) is 4.32. The van der Waals surface area contributed by atoms with Gasteiger partial charge in [0.1, 0.15) is 17.9 Å². The molecule has 1 N–H and O–H groups in total. The highest BCUT2D eigenvalue weighted by molar-refractivity contribution is 5.91. The second-order valence-corrected chi connectivity index (χ2v) is 3.28. The normalized spacial score (nSPS) is 10.0. The Labute approximate surface area is 96.8 Å². The standard InChI is InChI=1S/C11H10FN3O2/c1-17-10-5-8(12)4-9(6-10)14-11(16)15-3-2-13-7-15/h2-7H,1H3,(H,14,16). The zero-order valence-corrected chi connectivity index (χ0v) is 9.05. The van der Waals surface area contributed by atoms with Crippen LogP contribution in [0.25, 0.3) is 0 Å². The van der Waals surface area contributed by atoms with Crippen molar-refractivity contribution in [2.45, 2.75) is 0 Å². The highest BCUT2D eigenvalue weighted by Gasteiger charge is 2.06. The van der Waals surface area contributed by atoms with Gasteiger partial charge in [0, 0.05) is 30.2 Å². The molecule has 17 heavy (non-hydrogen) atoms. The summed E-state index contributed by atoms with van der Waals surface area (Å²) in [5.41, 5.74) is 0.320. The fourth-order valence-corrected chi connectivity index (χ4v) is 1.32. The minimum absolute atomic E-state index is 0.320. The van der Waals surface area contributed by atoms with Crippen LogP contribution in [0.15, 0.2) is 36.9 Å². The minimum Gasteiger partial charge on any atom is -0.497 e. The molecule has 0 saturated carbocycles. The van der Waals surface area contributed by atoms with Gasteiger partial charge in [0.05, 0.1) is 7.11 Å². The average molecular weight is 235 g/mol. The molecule has 0 aliphatic carbocycles. The van der Waals surface area contributed by atoms with Crippen LogP contribution < -0.4 is 10.1 Å². The first-order valence-corrected chi connectivity index (χ1v) is 4.83. The number of ether oxygens (including phenoxy) is 1. The number of hydrogen-bond acceptors (Lipinski definition) is 3. The molecule has 5 nitrogen and oxygen atoms in total. The Hall–Kier alpha value is -2.37. The number of imidazole rings is 1. The van der Waals surface area contributed by atoms with Gasteiger partial charge < -0.3 is 10.1 Å². The van der Waals surface area contributed by atoms with Gasteiger partial charge in [-0.2, -0.15) is 0 Å². The molecule has 0 aliphatic heterocycles. The van der Waals surface area contributed by atoms with E-state index in [1.807, 2.05) is 0 Å². The SMILES string of the molecule is COc1cc(F)cc(NC(=O)n2ccnc2)c1. The van der Waals surface area contributed by atoms with Gasteiger partial charge in [0.15, 0.2) is 0 Å². The van der Waals surface area contributed by atoms with Crippen LogP contribution >= 0.6 is 0 Å². The largest absolute Gasteiger partial charge is 0.497 e. The molecule has 0 spiro atoms. The zero-order valence-electron chi connectivity index (χ0n) is 9.05. The van der Waals surface area contributed by atoms with E-state index < -0.39 is 11.8 Å². The molecule has 0 saturated heterocycles. The molecule has 2 rings (SSSR count). The first-order valence-electron chi connectivity index (χ1n) is 4.83. The number of carbonyl (C=O) groups excluding carboxylic acids is 1. The number of anilines is 1. The van der Waals surface area contributed by atoms with E-state index in [4.69, 9.17) is 4.74 Å². The molecule has 1 aromatic heterocycles. The van der Waals surface area contributed by atoms with Crippen molar-refractivity contribution in [2.24, 2.45) is 0 Å². The van der Waals surface area contributed by atoms with Gasteiger partial charge in [-0.1, -0.05) is 0 Å². The van der Waals surface area contributed by atoms with Gasteiger partial charge in [-0.05, 0) is 6.07 Å². The number of halogens is 1. The van der Waals surface area contributed by atoms with Gasteiger partial charge in [0.25, 0.3) is 0 Å². The summed E-state index contributed by atoms with van der Waals surface area (Å²) >= 11 is 0. The maximum absolute atomic E-state index is 13.2. The molecule has 88 valence electrons. The summed E-state index contributed by atoms with van der Waals surface area (Å²) in [7, 11) is 1.43. The number of methoxy groups -OCH3 is 1. The van der Waals surface area contributed by atoms with E-state index in [-0.39, 0.29) is 0 Å². The van der Waals surface area contributed by atoms with Crippen LogP contribution in [-0.4, -0.2) is 22.7 Å². The number of hydrogen-bond donors (Lipinski definition) is 1. The Morgan fingerprint density at radius 2 is 2.29 bits per heavy atom. The van der Waals surface area contributed by atoms with Crippen LogP contribution in [0.2, 0.25) is 0 Å². The fraction of sp³-hybridized carbons (Fsp3) is 0.0909. The average Bonchev–Trinajstić information content (AvgIpc) is 2.81. The summed E-state index contributed by atoms with van der Waals surface area (Å²) in [6.45, 7) is 0. The summed E-state index contributed by atoms with van der Waals surface area (Å²) in [5, 5.41) is 2.52. The lowest BCUT2D eigenvalue weighted by atomic mass is 10.3. The van der Waals surface area contributed by atoms with E-state index in [1.165, 1.54) is 48.6 Å². The van der Waals surface area contributed by atoms with Gasteiger partial charge in [-0.15, -0.1) is 0 Å². The molecule has 0 unspecified atom stereocenters. The van der Waals surface area contributed by atoms with Crippen LogP contribution in [-0.2, 0) is 0 Å². The van der Waals surface area contributed by atoms with Crippen molar-refractivity contribution >= 4 is 11.7 Å². The van der Waals surface area contributed by atoms with Crippen molar-refractivity contribution in [1.82, 2.24) is 9.55 Å². The van der Waals surface area contributed by atoms with Crippen molar-refractivity contribution in [1.29, 1.82) is 0 Å². The molecule has 0 aliphatic rings. The van der Waals surface area contributed by atoms with E-state index in [9.17, 15) is 9.18 Å². The van der Waals surface area contributed by atoms with Crippen molar-refractivity contribution < 1.29 is 13.9 Å². The maximum Gasteiger partial charge on any atom is 0.331 e. The predicted octanol–water partition coefficient (Wildman–Crippen LogP) is 2.11. The van der Waals surface area contributed by atoms with Gasteiger partial charge in [-0.25, -0.2) is 14.2 Å². The maximum atomic E-state index is 13.2. The highest BCUT2D eigenvalue weighted by atomic mass is 19.1. The zero-order chi connectivity index (χ0) is 12.3. The quantitative estimate of drug-likeness (QED) is 0.867. The first-order chi connectivity index (χ1) is 8.19. The number of nitrogens with zero attached hydrogens (tertiary/aromatic N) is 2. The van der Waals surface area contributed by atoms with Gasteiger partial charge in [-0.3, -0.25) is 4.57 Å². The van der Waals surface area contributed by atoms with Crippen molar-refractivity contribution in [2.75, 3.05) is 12.4 Å². The third-order valence-electron chi connectivity index (χ3n) is 2.10. The molecular weight excluding hydrogens is 225 g/mol. The number of carbonyl (C=O) groups is 1. The smallest absolute Gasteiger partial charge is 0.331 e. The molecule has 0 bridgehead atoms. The van der Waals surface area contributed by atoms with E-state index in [2.05, 4.69) is 10.3 Å². The number of nitrogens with one attached hydrogen (secondary N) is 1. The summed E-state index contributed by atoms with van der Waals surface area (Å²) < 4.78 is 19.3. The Morgan fingerprint density at radius 3 is 2.94 bits per heavy atom. The van der Waals surface area contributed by atoms with E-state index in [1.54, 1.807) is 0 Å². The lowest BCUT2D eigenvalue weighted by molar-refractivity contribution is 0.253. The summed E-state index contributed by atoms with van der Waals surface area (Å²) in [4.78, 5) is 15.4. The van der Waals surface area contributed by atoms with Crippen LogP contribution in [0.4, 0.5) is 14.9 Å². The lowest BCUT2D eigenvalue weighted by Gasteiger charge is -2.07. The third-order valence-corrected chi connectivity index (χ3v) is 2.10. The summed E-state index contributed by atoms with van der Waals surface area (Å²) in [6, 6.07) is 3.54. The first kappa shape index (κ1) is 11.1. The number of benzene rings is 1. The van der Waals surface area contributed by atoms with Crippen LogP contribution in [0.3, 0.4) is 0 Å². The van der Waals surface area contributed by atoms with Crippen molar-refractivity contribution in [3.05, 3.63) is 42.7 Å².